The zero-order chi connectivity index (χ0) is 11.1. The number of aliphatic hydroxyl groups excluding tert-OH is 1. The van der Waals surface area contributed by atoms with Crippen LogP contribution in [0.3, 0.4) is 0 Å². The molecular formula is C13H20O2. The standard InChI is InChI=1S/C13H20O2/c1-3-11(2)9-12(14)10-15-13-7-5-4-6-8-13/h4-8,11-12,14H,3,9-10H2,1-2H3. The number of rotatable bonds is 6. The lowest BCUT2D eigenvalue weighted by Crippen LogP contribution is -2.20. The third-order valence-corrected chi connectivity index (χ3v) is 2.56. The predicted octanol–water partition coefficient (Wildman–Crippen LogP) is 2.86. The van der Waals surface area contributed by atoms with Gasteiger partial charge in [0.2, 0.25) is 0 Å². The molecule has 0 aliphatic carbocycles. The summed E-state index contributed by atoms with van der Waals surface area (Å²) in [6, 6.07) is 9.60. The van der Waals surface area contributed by atoms with Crippen molar-refractivity contribution in [1.29, 1.82) is 0 Å². The summed E-state index contributed by atoms with van der Waals surface area (Å²) in [6.45, 7) is 4.66. The minimum Gasteiger partial charge on any atom is -0.491 e. The lowest BCUT2D eigenvalue weighted by Gasteiger charge is -2.15. The summed E-state index contributed by atoms with van der Waals surface area (Å²) >= 11 is 0. The van der Waals surface area contributed by atoms with Gasteiger partial charge in [0.05, 0.1) is 6.10 Å². The molecule has 0 fully saturated rings. The Morgan fingerprint density at radius 3 is 2.53 bits per heavy atom. The highest BCUT2D eigenvalue weighted by atomic mass is 16.5. The largest absolute Gasteiger partial charge is 0.491 e. The molecule has 0 amide bonds. The molecule has 0 aliphatic heterocycles. The monoisotopic (exact) mass is 208 g/mol. The van der Waals surface area contributed by atoms with Crippen LogP contribution in [0.2, 0.25) is 0 Å². The van der Waals surface area contributed by atoms with Crippen molar-refractivity contribution in [1.82, 2.24) is 0 Å². The van der Waals surface area contributed by atoms with Crippen molar-refractivity contribution in [3.8, 4) is 5.75 Å². The average Bonchev–Trinajstić information content (AvgIpc) is 2.27. The molecule has 0 saturated carbocycles. The minimum atomic E-state index is -0.361. The Labute approximate surface area is 91.9 Å². The van der Waals surface area contributed by atoms with Gasteiger partial charge in [-0.05, 0) is 24.5 Å². The van der Waals surface area contributed by atoms with Crippen LogP contribution in [0.5, 0.6) is 5.75 Å². The van der Waals surface area contributed by atoms with Crippen LogP contribution in [0.4, 0.5) is 0 Å². The van der Waals surface area contributed by atoms with E-state index >= 15 is 0 Å². The highest BCUT2D eigenvalue weighted by Gasteiger charge is 2.09. The van der Waals surface area contributed by atoms with E-state index in [2.05, 4.69) is 13.8 Å². The van der Waals surface area contributed by atoms with Crippen LogP contribution in [0.1, 0.15) is 26.7 Å². The first-order valence-corrected chi connectivity index (χ1v) is 5.58. The average molecular weight is 208 g/mol. The van der Waals surface area contributed by atoms with Crippen LogP contribution < -0.4 is 4.74 Å². The summed E-state index contributed by atoms with van der Waals surface area (Å²) in [6.07, 6.45) is 1.55. The number of ether oxygens (including phenoxy) is 1. The van der Waals surface area contributed by atoms with Gasteiger partial charge >= 0.3 is 0 Å². The fourth-order valence-electron chi connectivity index (χ4n) is 1.41. The van der Waals surface area contributed by atoms with Crippen molar-refractivity contribution >= 4 is 0 Å². The van der Waals surface area contributed by atoms with Gasteiger partial charge in [0.15, 0.2) is 0 Å². The van der Waals surface area contributed by atoms with E-state index in [9.17, 15) is 5.11 Å². The minimum absolute atomic E-state index is 0.361. The molecule has 2 heteroatoms. The second-order valence-electron chi connectivity index (χ2n) is 4.03. The van der Waals surface area contributed by atoms with Gasteiger partial charge in [-0.1, -0.05) is 38.5 Å². The second kappa shape index (κ2) is 6.46. The van der Waals surface area contributed by atoms with Gasteiger partial charge in [-0.25, -0.2) is 0 Å². The van der Waals surface area contributed by atoms with Crippen molar-refractivity contribution < 1.29 is 9.84 Å². The maximum Gasteiger partial charge on any atom is 0.119 e. The molecule has 2 nitrogen and oxygen atoms in total. The van der Waals surface area contributed by atoms with Crippen LogP contribution in [-0.4, -0.2) is 17.8 Å². The Kier molecular flexibility index (Phi) is 5.19. The molecule has 15 heavy (non-hydrogen) atoms. The molecule has 0 radical (unpaired) electrons. The summed E-state index contributed by atoms with van der Waals surface area (Å²) in [5, 5.41) is 9.69. The lowest BCUT2D eigenvalue weighted by atomic mass is 10.0. The summed E-state index contributed by atoms with van der Waals surface area (Å²) < 4.78 is 5.46. The van der Waals surface area contributed by atoms with E-state index in [0.29, 0.717) is 12.5 Å². The molecule has 0 saturated heterocycles. The van der Waals surface area contributed by atoms with Crippen LogP contribution >= 0.6 is 0 Å². The van der Waals surface area contributed by atoms with E-state index in [1.807, 2.05) is 30.3 Å². The maximum atomic E-state index is 9.69. The fraction of sp³-hybridized carbons (Fsp3) is 0.538. The molecule has 0 heterocycles. The van der Waals surface area contributed by atoms with Crippen molar-refractivity contribution in [3.63, 3.8) is 0 Å². The Morgan fingerprint density at radius 2 is 1.93 bits per heavy atom. The SMILES string of the molecule is CCC(C)CC(O)COc1ccccc1. The fourth-order valence-corrected chi connectivity index (χ4v) is 1.41. The molecule has 0 spiro atoms. The second-order valence-corrected chi connectivity index (χ2v) is 4.03. The van der Waals surface area contributed by atoms with E-state index in [1.165, 1.54) is 0 Å². The van der Waals surface area contributed by atoms with Crippen molar-refractivity contribution in [2.24, 2.45) is 5.92 Å². The highest BCUT2D eigenvalue weighted by molar-refractivity contribution is 5.20. The van der Waals surface area contributed by atoms with E-state index in [-0.39, 0.29) is 6.10 Å². The Morgan fingerprint density at radius 1 is 1.27 bits per heavy atom. The van der Waals surface area contributed by atoms with Crippen LogP contribution in [0, 0.1) is 5.92 Å². The highest BCUT2D eigenvalue weighted by Crippen LogP contribution is 2.12. The van der Waals surface area contributed by atoms with Gasteiger partial charge in [0.25, 0.3) is 0 Å². The van der Waals surface area contributed by atoms with E-state index in [4.69, 9.17) is 4.74 Å². The molecule has 84 valence electrons. The molecule has 0 bridgehead atoms. The van der Waals surface area contributed by atoms with Gasteiger partial charge in [-0.2, -0.15) is 0 Å². The van der Waals surface area contributed by atoms with Crippen molar-refractivity contribution in [2.45, 2.75) is 32.8 Å². The van der Waals surface area contributed by atoms with E-state index in [1.54, 1.807) is 0 Å². The molecule has 0 aromatic heterocycles. The summed E-state index contributed by atoms with van der Waals surface area (Å²) in [5.74, 6) is 1.38. The Bertz CT molecular complexity index is 258. The number of benzene rings is 1. The predicted molar refractivity (Wildman–Crippen MR) is 62.0 cm³/mol. The topological polar surface area (TPSA) is 29.5 Å². The van der Waals surface area contributed by atoms with E-state index in [0.717, 1.165) is 18.6 Å². The van der Waals surface area contributed by atoms with Gasteiger partial charge in [-0.15, -0.1) is 0 Å². The Balaban J connectivity index is 2.25. The van der Waals surface area contributed by atoms with Crippen molar-refractivity contribution in [3.05, 3.63) is 30.3 Å². The van der Waals surface area contributed by atoms with Gasteiger partial charge < -0.3 is 9.84 Å². The molecular weight excluding hydrogens is 188 g/mol. The molecule has 2 atom stereocenters. The smallest absolute Gasteiger partial charge is 0.119 e. The lowest BCUT2D eigenvalue weighted by molar-refractivity contribution is 0.0865. The molecule has 1 aromatic carbocycles. The normalized spacial score (nSPS) is 14.6. The van der Waals surface area contributed by atoms with E-state index < -0.39 is 0 Å². The first-order valence-electron chi connectivity index (χ1n) is 5.58. The third-order valence-electron chi connectivity index (χ3n) is 2.56. The van der Waals surface area contributed by atoms with Crippen molar-refractivity contribution in [2.75, 3.05) is 6.61 Å². The first kappa shape index (κ1) is 12.1. The molecule has 1 aromatic rings. The molecule has 0 aliphatic rings. The number of hydrogen-bond donors (Lipinski definition) is 1. The summed E-state index contributed by atoms with van der Waals surface area (Å²) in [4.78, 5) is 0. The van der Waals surface area contributed by atoms with Crippen LogP contribution in [-0.2, 0) is 0 Å². The molecule has 1 N–H and O–H groups in total. The summed E-state index contributed by atoms with van der Waals surface area (Å²) in [7, 11) is 0. The number of hydrogen-bond acceptors (Lipinski definition) is 2. The first-order chi connectivity index (χ1) is 7.22. The Hall–Kier alpha value is -1.02. The third kappa shape index (κ3) is 4.84. The zero-order valence-electron chi connectivity index (χ0n) is 9.52. The van der Waals surface area contributed by atoms with Gasteiger partial charge in [0, 0.05) is 0 Å². The quantitative estimate of drug-likeness (QED) is 0.779. The number of para-hydroxylation sites is 1. The van der Waals surface area contributed by atoms with Crippen LogP contribution in [0.25, 0.3) is 0 Å². The number of aliphatic hydroxyl groups is 1. The van der Waals surface area contributed by atoms with Crippen LogP contribution in [0.15, 0.2) is 30.3 Å². The van der Waals surface area contributed by atoms with Gasteiger partial charge in [0.1, 0.15) is 12.4 Å². The maximum absolute atomic E-state index is 9.69. The zero-order valence-corrected chi connectivity index (χ0v) is 9.52. The molecule has 1 rings (SSSR count). The van der Waals surface area contributed by atoms with Gasteiger partial charge in [-0.3, -0.25) is 0 Å². The summed E-state index contributed by atoms with van der Waals surface area (Å²) in [5.41, 5.74) is 0. The molecule has 2 unspecified atom stereocenters.